The lowest BCUT2D eigenvalue weighted by atomic mass is 10.2. The summed E-state index contributed by atoms with van der Waals surface area (Å²) in [6.45, 7) is 1.62. The molecule has 0 aliphatic carbocycles. The van der Waals surface area contributed by atoms with Gasteiger partial charge >= 0.3 is 5.97 Å². The fourth-order valence-corrected chi connectivity index (χ4v) is 3.02. The quantitative estimate of drug-likeness (QED) is 0.186. The molecule has 0 heterocycles. The average Bonchev–Trinajstić information content (AvgIpc) is 2.81. The van der Waals surface area contributed by atoms with Crippen molar-refractivity contribution in [2.75, 3.05) is 7.11 Å². The van der Waals surface area contributed by atoms with Gasteiger partial charge in [0.1, 0.15) is 5.75 Å². The summed E-state index contributed by atoms with van der Waals surface area (Å²) in [5, 5.41) is 4.47. The van der Waals surface area contributed by atoms with Crippen molar-refractivity contribution in [1.29, 1.82) is 0 Å². The summed E-state index contributed by atoms with van der Waals surface area (Å²) < 4.78 is 17.2. The van der Waals surface area contributed by atoms with E-state index in [0.29, 0.717) is 27.6 Å². The van der Waals surface area contributed by atoms with E-state index < -0.39 is 18.0 Å². The number of nitrogens with zero attached hydrogens (tertiary/aromatic N) is 1. The molecule has 1 unspecified atom stereocenters. The number of rotatable bonds is 8. The minimum Gasteiger partial charge on any atom is -0.493 e. The van der Waals surface area contributed by atoms with Crippen molar-refractivity contribution < 1.29 is 23.8 Å². The Hall–Kier alpha value is -3.36. The summed E-state index contributed by atoms with van der Waals surface area (Å²) in [7, 11) is 1.46. The van der Waals surface area contributed by atoms with Gasteiger partial charge in [-0.25, -0.2) is 10.2 Å². The molecule has 7 nitrogen and oxygen atoms in total. The van der Waals surface area contributed by atoms with Crippen LogP contribution in [-0.2, 0) is 4.79 Å². The number of hydrogen-bond donors (Lipinski definition) is 1. The first-order valence-corrected chi connectivity index (χ1v) is 10.9. The van der Waals surface area contributed by atoms with Gasteiger partial charge in [0, 0.05) is 9.50 Å². The number of hydrazone groups is 1. The normalized spacial score (nSPS) is 11.6. The first kappa shape index (κ1) is 24.3. The Morgan fingerprint density at radius 3 is 2.39 bits per heavy atom. The topological polar surface area (TPSA) is 86.2 Å². The van der Waals surface area contributed by atoms with Crippen LogP contribution in [0.1, 0.15) is 22.8 Å². The molecule has 1 atom stereocenters. The predicted octanol–water partition coefficient (Wildman–Crippen LogP) is 5.25. The molecule has 0 radical (unpaired) electrons. The zero-order chi connectivity index (χ0) is 23.8. The number of carbonyl (C=O) groups excluding carboxylic acids is 2. The molecule has 33 heavy (non-hydrogen) atoms. The molecule has 1 amide bonds. The third kappa shape index (κ3) is 7.06. The molecule has 0 aliphatic rings. The number of ether oxygens (including phenoxy) is 3. The standard InChI is InChI=1S/C24H20BrClN2O5/c1-15(32-20-10-6-18(25)7-11-20)23(29)28-27-14-16-3-12-21(22(13-16)31-2)33-24(30)17-4-8-19(26)9-5-17/h3-15H,1-2H3,(H,28,29). The van der Waals surface area contributed by atoms with E-state index in [2.05, 4.69) is 26.5 Å². The molecule has 0 saturated heterocycles. The molecule has 0 aliphatic heterocycles. The van der Waals surface area contributed by atoms with Crippen LogP contribution in [0.4, 0.5) is 0 Å². The first-order chi connectivity index (χ1) is 15.9. The smallest absolute Gasteiger partial charge is 0.343 e. The predicted molar refractivity (Wildman–Crippen MR) is 129 cm³/mol. The highest BCUT2D eigenvalue weighted by atomic mass is 79.9. The summed E-state index contributed by atoms with van der Waals surface area (Å²) in [4.78, 5) is 24.5. The monoisotopic (exact) mass is 530 g/mol. The van der Waals surface area contributed by atoms with Crippen molar-refractivity contribution in [2.45, 2.75) is 13.0 Å². The lowest BCUT2D eigenvalue weighted by Crippen LogP contribution is -2.33. The van der Waals surface area contributed by atoms with Gasteiger partial charge < -0.3 is 14.2 Å². The Labute approximate surface area is 204 Å². The third-order valence-corrected chi connectivity index (χ3v) is 5.13. The van der Waals surface area contributed by atoms with Crippen LogP contribution in [0.25, 0.3) is 0 Å². The molecule has 9 heteroatoms. The van der Waals surface area contributed by atoms with E-state index in [1.165, 1.54) is 13.3 Å². The second-order valence-electron chi connectivity index (χ2n) is 6.75. The second-order valence-corrected chi connectivity index (χ2v) is 8.11. The Morgan fingerprint density at radius 1 is 1.03 bits per heavy atom. The zero-order valence-electron chi connectivity index (χ0n) is 17.7. The minimum absolute atomic E-state index is 0.246. The van der Waals surface area contributed by atoms with Crippen molar-refractivity contribution in [3.63, 3.8) is 0 Å². The zero-order valence-corrected chi connectivity index (χ0v) is 20.1. The van der Waals surface area contributed by atoms with Gasteiger partial charge in [-0.3, -0.25) is 4.79 Å². The molecule has 1 N–H and O–H groups in total. The Balaban J connectivity index is 1.59. The van der Waals surface area contributed by atoms with Crippen LogP contribution in [0, 0.1) is 0 Å². The molecule has 0 aromatic heterocycles. The van der Waals surface area contributed by atoms with E-state index in [4.69, 9.17) is 25.8 Å². The number of amides is 1. The fraction of sp³-hybridized carbons (Fsp3) is 0.125. The average molecular weight is 532 g/mol. The number of halogens is 2. The number of nitrogens with one attached hydrogen (secondary N) is 1. The van der Waals surface area contributed by atoms with Crippen LogP contribution in [0.15, 0.2) is 76.3 Å². The number of carbonyl (C=O) groups is 2. The molecule has 0 bridgehead atoms. The lowest BCUT2D eigenvalue weighted by molar-refractivity contribution is -0.127. The van der Waals surface area contributed by atoms with Crippen molar-refractivity contribution in [3.05, 3.63) is 87.4 Å². The highest BCUT2D eigenvalue weighted by molar-refractivity contribution is 9.10. The van der Waals surface area contributed by atoms with Crippen LogP contribution in [0.5, 0.6) is 17.2 Å². The molecule has 3 aromatic rings. The van der Waals surface area contributed by atoms with Crippen LogP contribution in [-0.4, -0.2) is 31.3 Å². The van der Waals surface area contributed by atoms with E-state index in [1.54, 1.807) is 61.5 Å². The molecular formula is C24H20BrClN2O5. The van der Waals surface area contributed by atoms with Gasteiger partial charge in [0.25, 0.3) is 5.91 Å². The Morgan fingerprint density at radius 2 is 1.73 bits per heavy atom. The van der Waals surface area contributed by atoms with Gasteiger partial charge in [-0.05, 0) is 79.2 Å². The third-order valence-electron chi connectivity index (χ3n) is 4.35. The van der Waals surface area contributed by atoms with Crippen molar-refractivity contribution >= 4 is 45.6 Å². The molecule has 0 fully saturated rings. The molecule has 3 rings (SSSR count). The molecular weight excluding hydrogens is 512 g/mol. The first-order valence-electron chi connectivity index (χ1n) is 9.76. The van der Waals surface area contributed by atoms with Crippen molar-refractivity contribution in [2.24, 2.45) is 5.10 Å². The van der Waals surface area contributed by atoms with Crippen LogP contribution >= 0.6 is 27.5 Å². The maximum Gasteiger partial charge on any atom is 0.343 e. The maximum absolute atomic E-state index is 12.3. The number of esters is 1. The largest absolute Gasteiger partial charge is 0.493 e. The Kier molecular flexibility index (Phi) is 8.46. The van der Waals surface area contributed by atoms with E-state index in [-0.39, 0.29) is 5.75 Å². The number of benzene rings is 3. The van der Waals surface area contributed by atoms with Crippen LogP contribution in [0.2, 0.25) is 5.02 Å². The number of methoxy groups -OCH3 is 1. The van der Waals surface area contributed by atoms with Crippen LogP contribution < -0.4 is 19.6 Å². The van der Waals surface area contributed by atoms with Gasteiger partial charge in [0.2, 0.25) is 0 Å². The highest BCUT2D eigenvalue weighted by Crippen LogP contribution is 2.28. The van der Waals surface area contributed by atoms with E-state index in [0.717, 1.165) is 4.47 Å². The van der Waals surface area contributed by atoms with E-state index in [1.807, 2.05) is 12.1 Å². The summed E-state index contributed by atoms with van der Waals surface area (Å²) in [5.41, 5.74) is 3.41. The van der Waals surface area contributed by atoms with Crippen molar-refractivity contribution in [3.8, 4) is 17.2 Å². The molecule has 0 saturated carbocycles. The Bertz CT molecular complexity index is 1150. The number of hydrogen-bond acceptors (Lipinski definition) is 6. The molecule has 3 aromatic carbocycles. The fourth-order valence-electron chi connectivity index (χ4n) is 2.63. The van der Waals surface area contributed by atoms with Gasteiger partial charge in [0.15, 0.2) is 17.6 Å². The van der Waals surface area contributed by atoms with Gasteiger partial charge in [-0.1, -0.05) is 27.5 Å². The molecule has 0 spiro atoms. The highest BCUT2D eigenvalue weighted by Gasteiger charge is 2.15. The maximum atomic E-state index is 12.3. The van der Waals surface area contributed by atoms with E-state index in [9.17, 15) is 9.59 Å². The van der Waals surface area contributed by atoms with E-state index >= 15 is 0 Å². The SMILES string of the molecule is COc1cc(C=NNC(=O)C(C)Oc2ccc(Br)cc2)ccc1OC(=O)c1ccc(Cl)cc1. The summed E-state index contributed by atoms with van der Waals surface area (Å²) in [5.74, 6) is 0.195. The summed E-state index contributed by atoms with van der Waals surface area (Å²) in [6.07, 6.45) is 0.699. The van der Waals surface area contributed by atoms with Gasteiger partial charge in [-0.15, -0.1) is 0 Å². The van der Waals surface area contributed by atoms with Crippen LogP contribution in [0.3, 0.4) is 0 Å². The second kappa shape index (κ2) is 11.5. The minimum atomic E-state index is -0.743. The lowest BCUT2D eigenvalue weighted by Gasteiger charge is -2.13. The molecule has 170 valence electrons. The summed E-state index contributed by atoms with van der Waals surface area (Å²) >= 11 is 9.19. The van der Waals surface area contributed by atoms with Gasteiger partial charge in [0.05, 0.1) is 18.9 Å². The van der Waals surface area contributed by atoms with Crippen molar-refractivity contribution in [1.82, 2.24) is 5.43 Å². The summed E-state index contributed by atoms with van der Waals surface area (Å²) in [6, 6.07) is 18.4. The van der Waals surface area contributed by atoms with Gasteiger partial charge in [-0.2, -0.15) is 5.10 Å².